The van der Waals surface area contributed by atoms with Crippen LogP contribution in [0.3, 0.4) is 0 Å². The van der Waals surface area contributed by atoms with E-state index < -0.39 is 28.6 Å². The van der Waals surface area contributed by atoms with Crippen molar-refractivity contribution < 1.29 is 18.8 Å². The summed E-state index contributed by atoms with van der Waals surface area (Å²) < 4.78 is 14.2. The van der Waals surface area contributed by atoms with Gasteiger partial charge in [-0.05, 0) is 48.5 Å². The maximum Gasteiger partial charge on any atom is 0.283 e. The highest BCUT2D eigenvalue weighted by molar-refractivity contribution is 6.53. The van der Waals surface area contributed by atoms with Gasteiger partial charge in [0.15, 0.2) is 0 Å². The number of carbonyl (C=O) groups excluding carboxylic acids is 3. The Bertz CT molecular complexity index is 1340. The fourth-order valence-electron chi connectivity index (χ4n) is 3.13. The normalized spacial score (nSPS) is 13.5. The third-order valence-electron chi connectivity index (χ3n) is 4.69. The lowest BCUT2D eigenvalue weighted by molar-refractivity contribution is -0.120. The summed E-state index contributed by atoms with van der Waals surface area (Å²) in [6.45, 7) is 0. The van der Waals surface area contributed by atoms with Crippen molar-refractivity contribution in [1.29, 1.82) is 0 Å². The average molecular weight is 505 g/mol. The minimum Gasteiger partial charge on any atom is -0.350 e. The van der Waals surface area contributed by atoms with Crippen LogP contribution in [0.1, 0.15) is 10.4 Å². The summed E-state index contributed by atoms with van der Waals surface area (Å²) in [4.78, 5) is 38.7. The van der Waals surface area contributed by atoms with Gasteiger partial charge in [-0.25, -0.2) is 9.29 Å². The monoisotopic (exact) mass is 503 g/mol. The topological polar surface area (TPSA) is 78.5 Å². The number of nitrogens with zero attached hydrogens (tertiary/aromatic N) is 1. The van der Waals surface area contributed by atoms with Crippen LogP contribution in [0, 0.1) is 5.82 Å². The molecule has 0 saturated heterocycles. The molecule has 0 radical (unpaired) electrons. The highest BCUT2D eigenvalue weighted by Gasteiger charge is 2.40. The van der Waals surface area contributed by atoms with Crippen LogP contribution in [-0.4, -0.2) is 17.7 Å². The van der Waals surface area contributed by atoms with E-state index in [2.05, 4.69) is 10.6 Å². The molecule has 0 atom stereocenters. The molecule has 4 rings (SSSR count). The van der Waals surface area contributed by atoms with Crippen molar-refractivity contribution in [2.24, 2.45) is 0 Å². The Morgan fingerprint density at radius 3 is 2.36 bits per heavy atom. The van der Waals surface area contributed by atoms with Crippen molar-refractivity contribution in [3.05, 3.63) is 98.9 Å². The third-order valence-corrected chi connectivity index (χ3v) is 5.59. The van der Waals surface area contributed by atoms with Gasteiger partial charge >= 0.3 is 0 Å². The fourth-order valence-corrected chi connectivity index (χ4v) is 3.80. The molecule has 0 bridgehead atoms. The van der Waals surface area contributed by atoms with E-state index in [1.165, 1.54) is 30.3 Å². The Morgan fingerprint density at radius 2 is 1.64 bits per heavy atom. The Balaban J connectivity index is 1.56. The van der Waals surface area contributed by atoms with Crippen molar-refractivity contribution >= 4 is 69.6 Å². The zero-order valence-corrected chi connectivity index (χ0v) is 18.8. The van der Waals surface area contributed by atoms with Gasteiger partial charge in [-0.2, -0.15) is 0 Å². The highest BCUT2D eigenvalue weighted by atomic mass is 35.5. The Kier molecular flexibility index (Phi) is 6.37. The number of carbonyl (C=O) groups is 3. The van der Waals surface area contributed by atoms with Crippen LogP contribution in [0.4, 0.5) is 21.5 Å². The number of halogens is 4. The molecule has 3 aromatic rings. The lowest BCUT2D eigenvalue weighted by Gasteiger charge is -2.15. The summed E-state index contributed by atoms with van der Waals surface area (Å²) in [6.07, 6.45) is 0. The molecular formula is C23H13Cl3FN3O3. The van der Waals surface area contributed by atoms with E-state index in [0.717, 1.165) is 6.07 Å². The first kappa shape index (κ1) is 22.8. The first-order chi connectivity index (χ1) is 15.8. The molecule has 2 N–H and O–H groups in total. The zero-order valence-electron chi connectivity index (χ0n) is 16.5. The number of hydrogen-bond donors (Lipinski definition) is 2. The summed E-state index contributed by atoms with van der Waals surface area (Å²) in [6, 6.07) is 16.2. The van der Waals surface area contributed by atoms with Crippen LogP contribution in [0.15, 0.2) is 77.5 Å². The number of amides is 3. The zero-order chi connectivity index (χ0) is 23.7. The first-order valence-corrected chi connectivity index (χ1v) is 10.6. The fraction of sp³-hybridized carbons (Fsp3) is 0. The summed E-state index contributed by atoms with van der Waals surface area (Å²) in [5.41, 5.74) is 0.478. The lowest BCUT2D eigenvalue weighted by atomic mass is 10.1. The minimum atomic E-state index is -0.861. The van der Waals surface area contributed by atoms with Gasteiger partial charge in [-0.3, -0.25) is 14.4 Å². The Labute approximate surface area is 202 Å². The average Bonchev–Trinajstić information content (AvgIpc) is 2.99. The first-order valence-electron chi connectivity index (χ1n) is 9.43. The second-order valence-corrected chi connectivity index (χ2v) is 8.09. The Hall–Kier alpha value is -3.39. The van der Waals surface area contributed by atoms with Gasteiger partial charge in [0.25, 0.3) is 17.7 Å². The van der Waals surface area contributed by atoms with E-state index in [1.807, 2.05) is 0 Å². The number of para-hydroxylation sites is 1. The molecule has 0 unspecified atom stereocenters. The van der Waals surface area contributed by atoms with Crippen LogP contribution in [-0.2, 0) is 9.59 Å². The largest absolute Gasteiger partial charge is 0.350 e. The van der Waals surface area contributed by atoms with Crippen LogP contribution in [0.25, 0.3) is 0 Å². The van der Waals surface area contributed by atoms with Crippen molar-refractivity contribution in [1.82, 2.24) is 0 Å². The molecule has 10 heteroatoms. The van der Waals surface area contributed by atoms with Gasteiger partial charge < -0.3 is 10.6 Å². The van der Waals surface area contributed by atoms with Gasteiger partial charge in [0.1, 0.15) is 16.5 Å². The number of benzene rings is 3. The Morgan fingerprint density at radius 1 is 0.879 bits per heavy atom. The van der Waals surface area contributed by atoms with Crippen LogP contribution in [0.5, 0.6) is 0 Å². The lowest BCUT2D eigenvalue weighted by Crippen LogP contribution is -2.33. The van der Waals surface area contributed by atoms with Crippen molar-refractivity contribution in [2.45, 2.75) is 0 Å². The molecule has 0 aromatic heterocycles. The molecule has 3 aromatic carbocycles. The van der Waals surface area contributed by atoms with Crippen LogP contribution < -0.4 is 15.5 Å². The van der Waals surface area contributed by atoms with Gasteiger partial charge in [0, 0.05) is 16.3 Å². The second kappa shape index (κ2) is 9.23. The van der Waals surface area contributed by atoms with Crippen molar-refractivity contribution in [3.63, 3.8) is 0 Å². The van der Waals surface area contributed by atoms with E-state index in [4.69, 9.17) is 34.8 Å². The van der Waals surface area contributed by atoms with E-state index in [-0.39, 0.29) is 22.0 Å². The predicted molar refractivity (Wildman–Crippen MR) is 126 cm³/mol. The minimum absolute atomic E-state index is 0.213. The molecule has 1 aliphatic rings. The molecule has 33 heavy (non-hydrogen) atoms. The molecule has 0 fully saturated rings. The number of imide groups is 1. The van der Waals surface area contributed by atoms with E-state index in [0.29, 0.717) is 21.3 Å². The smallest absolute Gasteiger partial charge is 0.283 e. The van der Waals surface area contributed by atoms with Crippen molar-refractivity contribution in [3.8, 4) is 0 Å². The van der Waals surface area contributed by atoms with Gasteiger partial charge in [-0.15, -0.1) is 0 Å². The molecule has 1 heterocycles. The molecule has 0 saturated carbocycles. The van der Waals surface area contributed by atoms with Crippen molar-refractivity contribution in [2.75, 3.05) is 15.5 Å². The van der Waals surface area contributed by atoms with Crippen LogP contribution >= 0.6 is 34.8 Å². The maximum absolute atomic E-state index is 14.2. The maximum atomic E-state index is 14.2. The molecule has 3 amide bonds. The quantitative estimate of drug-likeness (QED) is 0.429. The number of anilines is 3. The van der Waals surface area contributed by atoms with Gasteiger partial charge in [0.2, 0.25) is 0 Å². The number of hydrogen-bond acceptors (Lipinski definition) is 4. The van der Waals surface area contributed by atoms with Gasteiger partial charge in [-0.1, -0.05) is 53.0 Å². The second-order valence-electron chi connectivity index (χ2n) is 6.87. The third kappa shape index (κ3) is 4.57. The predicted octanol–water partition coefficient (Wildman–Crippen LogP) is 5.82. The van der Waals surface area contributed by atoms with E-state index in [1.54, 1.807) is 30.3 Å². The van der Waals surface area contributed by atoms with E-state index >= 15 is 0 Å². The molecule has 0 spiro atoms. The SMILES string of the molecule is O=C(Nc1ccc(Cl)cc1Cl)c1cccc(NC2=C(Cl)C(=O)N(c3ccccc3F)C2=O)c1. The molecular weight excluding hydrogens is 492 g/mol. The summed E-state index contributed by atoms with van der Waals surface area (Å²) in [7, 11) is 0. The van der Waals surface area contributed by atoms with Crippen LogP contribution in [0.2, 0.25) is 10.0 Å². The summed E-state index contributed by atoms with van der Waals surface area (Å²) >= 11 is 18.0. The standard InChI is InChI=1S/C23H13Cl3FN3O3/c24-13-8-9-17(15(25)11-13)29-21(31)12-4-3-5-14(10-12)28-20-19(26)22(32)30(23(20)33)18-7-2-1-6-16(18)27/h1-11,28H,(H,29,31). The summed E-state index contributed by atoms with van der Waals surface area (Å²) in [5.74, 6) is -2.90. The molecule has 1 aliphatic heterocycles. The van der Waals surface area contributed by atoms with E-state index in [9.17, 15) is 18.8 Å². The number of nitrogens with one attached hydrogen (secondary N) is 2. The molecule has 0 aliphatic carbocycles. The summed E-state index contributed by atoms with van der Waals surface area (Å²) in [5, 5.41) is 5.72. The highest BCUT2D eigenvalue weighted by Crippen LogP contribution is 2.32. The molecule has 6 nitrogen and oxygen atoms in total. The number of rotatable bonds is 5. The molecule has 166 valence electrons. The van der Waals surface area contributed by atoms with Gasteiger partial charge in [0.05, 0.1) is 16.4 Å².